The summed E-state index contributed by atoms with van der Waals surface area (Å²) in [6, 6.07) is 13.8. The van der Waals surface area contributed by atoms with Crippen LogP contribution in [0.25, 0.3) is 0 Å². The van der Waals surface area contributed by atoms with Crippen LogP contribution in [0.1, 0.15) is 61.5 Å². The first-order chi connectivity index (χ1) is 14.4. The molecule has 4 rings (SSSR count). The van der Waals surface area contributed by atoms with Crippen molar-refractivity contribution in [1.29, 1.82) is 0 Å². The predicted molar refractivity (Wildman–Crippen MR) is 118 cm³/mol. The van der Waals surface area contributed by atoms with E-state index >= 15 is 0 Å². The third-order valence-corrected chi connectivity index (χ3v) is 6.50. The molecular formula is C25H30N2O3. The van der Waals surface area contributed by atoms with E-state index in [1.54, 1.807) is 4.90 Å². The number of ether oxygens (including phenoxy) is 1. The number of hydrogen-bond acceptors (Lipinski definition) is 3. The summed E-state index contributed by atoms with van der Waals surface area (Å²) in [6.45, 7) is 8.79. The number of hydrogen-bond donors (Lipinski definition) is 0. The predicted octanol–water partition coefficient (Wildman–Crippen LogP) is 4.54. The summed E-state index contributed by atoms with van der Waals surface area (Å²) >= 11 is 0. The van der Waals surface area contributed by atoms with Gasteiger partial charge in [-0.15, -0.1) is 0 Å². The van der Waals surface area contributed by atoms with Crippen LogP contribution in [0, 0.1) is 0 Å². The molecule has 0 atom stereocenters. The van der Waals surface area contributed by atoms with Crippen LogP contribution < -0.4 is 9.64 Å². The number of anilines is 1. The quantitative estimate of drug-likeness (QED) is 0.733. The lowest BCUT2D eigenvalue weighted by Gasteiger charge is -2.32. The van der Waals surface area contributed by atoms with Crippen molar-refractivity contribution in [2.24, 2.45) is 0 Å². The lowest BCUT2D eigenvalue weighted by atomic mass is 9.82. The highest BCUT2D eigenvalue weighted by atomic mass is 16.5. The minimum absolute atomic E-state index is 0.0266. The maximum absolute atomic E-state index is 12.7. The standard InChI is InChI=1S/C25H30N2O3/c1-4-25(2,3)20-11-12-22-21(15-20)27(23(28)17-30-22)16-18-7-9-19(10-8-18)24(29)26-13-5-6-14-26/h7-12,15H,4-6,13-14,16-17H2,1-3H3. The highest BCUT2D eigenvalue weighted by Gasteiger charge is 2.28. The van der Waals surface area contributed by atoms with E-state index in [1.807, 2.05) is 35.2 Å². The van der Waals surface area contributed by atoms with Gasteiger partial charge in [-0.3, -0.25) is 9.59 Å². The Morgan fingerprint density at radius 1 is 1.07 bits per heavy atom. The first-order valence-electron chi connectivity index (χ1n) is 10.8. The van der Waals surface area contributed by atoms with Gasteiger partial charge in [0.15, 0.2) is 6.61 Å². The average Bonchev–Trinajstić information content (AvgIpc) is 3.30. The molecular weight excluding hydrogens is 376 g/mol. The van der Waals surface area contributed by atoms with Gasteiger partial charge in [-0.25, -0.2) is 0 Å². The SMILES string of the molecule is CCC(C)(C)c1ccc2c(c1)N(Cc1ccc(C(=O)N3CCCC3)cc1)C(=O)CO2. The van der Waals surface area contributed by atoms with Crippen molar-refractivity contribution in [1.82, 2.24) is 4.90 Å². The molecule has 0 spiro atoms. The summed E-state index contributed by atoms with van der Waals surface area (Å²) in [5.74, 6) is 0.788. The van der Waals surface area contributed by atoms with Crippen LogP contribution in [0.15, 0.2) is 42.5 Å². The molecule has 2 aromatic rings. The lowest BCUT2D eigenvalue weighted by Crippen LogP contribution is -2.38. The van der Waals surface area contributed by atoms with E-state index in [1.165, 1.54) is 5.56 Å². The molecule has 0 aromatic heterocycles. The lowest BCUT2D eigenvalue weighted by molar-refractivity contribution is -0.121. The van der Waals surface area contributed by atoms with E-state index in [0.717, 1.165) is 49.4 Å². The zero-order valence-corrected chi connectivity index (χ0v) is 18.1. The van der Waals surface area contributed by atoms with Crippen LogP contribution in [0.2, 0.25) is 0 Å². The smallest absolute Gasteiger partial charge is 0.265 e. The van der Waals surface area contributed by atoms with E-state index < -0.39 is 0 Å². The van der Waals surface area contributed by atoms with Gasteiger partial charge in [-0.1, -0.05) is 39.0 Å². The zero-order chi connectivity index (χ0) is 21.3. The fourth-order valence-electron chi connectivity index (χ4n) is 4.04. The van der Waals surface area contributed by atoms with Crippen LogP contribution in [0.3, 0.4) is 0 Å². The fourth-order valence-corrected chi connectivity index (χ4v) is 4.04. The highest BCUT2D eigenvalue weighted by molar-refractivity contribution is 5.98. The Bertz CT molecular complexity index is 943. The van der Waals surface area contributed by atoms with Crippen LogP contribution in [0.5, 0.6) is 5.75 Å². The fraction of sp³-hybridized carbons (Fsp3) is 0.440. The molecule has 1 saturated heterocycles. The molecule has 5 nitrogen and oxygen atoms in total. The minimum atomic E-state index is -0.0498. The van der Waals surface area contributed by atoms with Crippen LogP contribution in [-0.4, -0.2) is 36.4 Å². The van der Waals surface area contributed by atoms with Gasteiger partial charge in [0, 0.05) is 18.7 Å². The first-order valence-corrected chi connectivity index (χ1v) is 10.8. The average molecular weight is 407 g/mol. The number of benzene rings is 2. The van der Waals surface area contributed by atoms with Gasteiger partial charge in [0.05, 0.1) is 12.2 Å². The molecule has 0 unspecified atom stereocenters. The molecule has 0 bridgehead atoms. The van der Waals surface area contributed by atoms with Gasteiger partial charge < -0.3 is 14.5 Å². The second-order valence-electron chi connectivity index (χ2n) is 8.88. The Morgan fingerprint density at radius 2 is 1.77 bits per heavy atom. The van der Waals surface area contributed by atoms with Crippen molar-refractivity contribution in [2.75, 3.05) is 24.6 Å². The van der Waals surface area contributed by atoms with E-state index in [0.29, 0.717) is 12.1 Å². The molecule has 0 N–H and O–H groups in total. The Kier molecular flexibility index (Phi) is 5.54. The largest absolute Gasteiger partial charge is 0.482 e. The first kappa shape index (κ1) is 20.5. The van der Waals surface area contributed by atoms with E-state index in [2.05, 4.69) is 32.9 Å². The summed E-state index contributed by atoms with van der Waals surface area (Å²) in [6.07, 6.45) is 3.17. The Hall–Kier alpha value is -2.82. The molecule has 2 aliphatic heterocycles. The summed E-state index contributed by atoms with van der Waals surface area (Å²) in [5.41, 5.74) is 3.75. The Labute approximate surface area is 178 Å². The molecule has 0 saturated carbocycles. The van der Waals surface area contributed by atoms with Crippen molar-refractivity contribution in [2.45, 2.75) is 52.0 Å². The van der Waals surface area contributed by atoms with E-state index in [4.69, 9.17) is 4.74 Å². The van der Waals surface area contributed by atoms with Gasteiger partial charge >= 0.3 is 0 Å². The topological polar surface area (TPSA) is 49.9 Å². The van der Waals surface area contributed by atoms with Crippen molar-refractivity contribution < 1.29 is 14.3 Å². The van der Waals surface area contributed by atoms with Gasteiger partial charge in [-0.05, 0) is 60.1 Å². The number of carbonyl (C=O) groups is 2. The molecule has 5 heteroatoms. The Morgan fingerprint density at radius 3 is 2.43 bits per heavy atom. The molecule has 0 aliphatic carbocycles. The molecule has 2 heterocycles. The summed E-state index contributed by atoms with van der Waals surface area (Å²) in [4.78, 5) is 29.0. The van der Waals surface area contributed by atoms with Gasteiger partial charge in [0.25, 0.3) is 11.8 Å². The molecule has 2 aromatic carbocycles. The number of rotatable bonds is 5. The van der Waals surface area contributed by atoms with Gasteiger partial charge in [0.2, 0.25) is 0 Å². The van der Waals surface area contributed by atoms with Gasteiger partial charge in [-0.2, -0.15) is 0 Å². The van der Waals surface area contributed by atoms with Crippen LogP contribution in [-0.2, 0) is 16.8 Å². The maximum atomic E-state index is 12.7. The second-order valence-corrected chi connectivity index (χ2v) is 8.88. The van der Waals surface area contributed by atoms with Crippen molar-refractivity contribution in [3.8, 4) is 5.75 Å². The maximum Gasteiger partial charge on any atom is 0.265 e. The summed E-state index contributed by atoms with van der Waals surface area (Å²) < 4.78 is 5.67. The summed E-state index contributed by atoms with van der Waals surface area (Å²) in [7, 11) is 0. The van der Waals surface area contributed by atoms with Crippen LogP contribution in [0.4, 0.5) is 5.69 Å². The number of nitrogens with zero attached hydrogens (tertiary/aromatic N) is 2. The van der Waals surface area contributed by atoms with Crippen molar-refractivity contribution in [3.05, 3.63) is 59.2 Å². The molecule has 30 heavy (non-hydrogen) atoms. The molecule has 1 fully saturated rings. The van der Waals surface area contributed by atoms with Crippen LogP contribution >= 0.6 is 0 Å². The third kappa shape index (κ3) is 3.93. The number of carbonyl (C=O) groups excluding carboxylic acids is 2. The van der Waals surface area contributed by atoms with E-state index in [-0.39, 0.29) is 23.8 Å². The molecule has 2 amide bonds. The molecule has 158 valence electrons. The number of fused-ring (bicyclic) bond motifs is 1. The third-order valence-electron chi connectivity index (χ3n) is 6.50. The molecule has 0 radical (unpaired) electrons. The van der Waals surface area contributed by atoms with Gasteiger partial charge in [0.1, 0.15) is 5.75 Å². The Balaban J connectivity index is 1.57. The number of amides is 2. The normalized spacial score (nSPS) is 16.4. The van der Waals surface area contributed by atoms with E-state index in [9.17, 15) is 9.59 Å². The number of likely N-dealkylation sites (tertiary alicyclic amines) is 1. The van der Waals surface area contributed by atoms with Crippen molar-refractivity contribution in [3.63, 3.8) is 0 Å². The monoisotopic (exact) mass is 406 g/mol. The second kappa shape index (κ2) is 8.13. The zero-order valence-electron chi connectivity index (χ0n) is 18.1. The highest BCUT2D eigenvalue weighted by Crippen LogP contribution is 2.38. The van der Waals surface area contributed by atoms with Crippen molar-refractivity contribution >= 4 is 17.5 Å². The summed E-state index contributed by atoms with van der Waals surface area (Å²) in [5, 5.41) is 0. The molecule has 2 aliphatic rings. The minimum Gasteiger partial charge on any atom is -0.482 e.